The number of piperazine rings is 1. The highest BCUT2D eigenvalue weighted by Crippen LogP contribution is 2.26. The van der Waals surface area contributed by atoms with Gasteiger partial charge in [-0.3, -0.25) is 14.9 Å². The van der Waals surface area contributed by atoms with Crippen LogP contribution in [0.15, 0.2) is 23.1 Å². The maximum Gasteiger partial charge on any atom is 0.282 e. The van der Waals surface area contributed by atoms with Gasteiger partial charge in [0.1, 0.15) is 5.56 Å². The predicted molar refractivity (Wildman–Crippen MR) is 78.3 cm³/mol. The molecule has 0 radical (unpaired) electrons. The Morgan fingerprint density at radius 2 is 1.95 bits per heavy atom. The van der Waals surface area contributed by atoms with Gasteiger partial charge < -0.3 is 9.80 Å². The molecule has 0 unspecified atom stereocenters. The van der Waals surface area contributed by atoms with Crippen LogP contribution in [0.25, 0.3) is 0 Å². The summed E-state index contributed by atoms with van der Waals surface area (Å²) in [7, 11) is 2.00. The van der Waals surface area contributed by atoms with Crippen molar-refractivity contribution in [2.24, 2.45) is 0 Å². The number of hydrogen-bond acceptors (Lipinski definition) is 5. The molecular weight excluding hydrogens is 278 g/mol. The fourth-order valence-electron chi connectivity index (χ4n) is 2.15. The van der Waals surface area contributed by atoms with Crippen LogP contribution in [0.2, 0.25) is 0 Å². The molecule has 0 N–H and O–H groups in total. The molecule has 6 nitrogen and oxygen atoms in total. The molecule has 2 rings (SSSR count). The second-order valence-corrected chi connectivity index (χ2v) is 5.62. The molecule has 1 aliphatic heterocycles. The van der Waals surface area contributed by atoms with E-state index in [1.807, 2.05) is 13.3 Å². The number of carbonyl (C=O) groups is 1. The quantitative estimate of drug-likeness (QED) is 0.482. The maximum atomic E-state index is 12.5. The number of nitrogens with zero attached hydrogens (tertiary/aromatic N) is 3. The Hall–Kier alpha value is -1.60. The third kappa shape index (κ3) is 3.10. The molecule has 1 saturated heterocycles. The summed E-state index contributed by atoms with van der Waals surface area (Å²) in [4.78, 5) is 27.8. The van der Waals surface area contributed by atoms with Gasteiger partial charge in [0.05, 0.1) is 4.92 Å². The molecule has 1 amide bonds. The van der Waals surface area contributed by atoms with Crippen molar-refractivity contribution in [3.8, 4) is 0 Å². The van der Waals surface area contributed by atoms with Crippen LogP contribution in [0.1, 0.15) is 10.4 Å². The van der Waals surface area contributed by atoms with Crippen LogP contribution in [0, 0.1) is 10.1 Å². The average molecular weight is 295 g/mol. The lowest BCUT2D eigenvalue weighted by atomic mass is 10.1. The Morgan fingerprint density at radius 3 is 2.50 bits per heavy atom. The third-order valence-corrected chi connectivity index (χ3v) is 4.15. The first-order chi connectivity index (χ1) is 9.52. The first kappa shape index (κ1) is 14.8. The molecule has 20 heavy (non-hydrogen) atoms. The fraction of sp³-hybridized carbons (Fsp3) is 0.462. The second-order valence-electron chi connectivity index (χ2n) is 4.74. The van der Waals surface area contributed by atoms with Crippen LogP contribution >= 0.6 is 11.8 Å². The SMILES string of the molecule is CSc1ccc([N+](=O)[O-])c(C(=O)N2CCN(C)CC2)c1. The maximum absolute atomic E-state index is 12.5. The molecule has 0 aromatic heterocycles. The first-order valence-electron chi connectivity index (χ1n) is 6.33. The van der Waals surface area contributed by atoms with E-state index >= 15 is 0 Å². The summed E-state index contributed by atoms with van der Waals surface area (Å²) < 4.78 is 0. The summed E-state index contributed by atoms with van der Waals surface area (Å²) in [6.07, 6.45) is 1.88. The molecule has 1 aromatic carbocycles. The standard InChI is InChI=1S/C13H17N3O3S/c1-14-5-7-15(8-6-14)13(17)11-9-10(20-2)3-4-12(11)16(18)19/h3-4,9H,5-8H2,1-2H3. The largest absolute Gasteiger partial charge is 0.336 e. The summed E-state index contributed by atoms with van der Waals surface area (Å²) in [5, 5.41) is 11.1. The Bertz CT molecular complexity index is 528. The molecule has 1 aromatic rings. The van der Waals surface area contributed by atoms with Gasteiger partial charge in [0, 0.05) is 37.1 Å². The number of hydrogen-bond donors (Lipinski definition) is 0. The van der Waals surface area contributed by atoms with Gasteiger partial charge in [-0.05, 0) is 25.4 Å². The zero-order valence-corrected chi connectivity index (χ0v) is 12.4. The fourth-order valence-corrected chi connectivity index (χ4v) is 2.59. The molecule has 108 valence electrons. The van der Waals surface area contributed by atoms with Crippen LogP contribution in [-0.2, 0) is 0 Å². The minimum absolute atomic E-state index is 0.119. The van der Waals surface area contributed by atoms with E-state index in [2.05, 4.69) is 4.90 Å². The molecule has 0 atom stereocenters. The highest BCUT2D eigenvalue weighted by molar-refractivity contribution is 7.98. The number of benzene rings is 1. The third-order valence-electron chi connectivity index (χ3n) is 3.42. The van der Waals surface area contributed by atoms with E-state index in [1.165, 1.54) is 17.8 Å². The minimum Gasteiger partial charge on any atom is -0.336 e. The number of amides is 1. The predicted octanol–water partition coefficient (Wildman–Crippen LogP) is 1.70. The van der Waals surface area contributed by atoms with Crippen molar-refractivity contribution in [2.75, 3.05) is 39.5 Å². The zero-order chi connectivity index (χ0) is 14.7. The van der Waals surface area contributed by atoms with Gasteiger partial charge >= 0.3 is 0 Å². The topological polar surface area (TPSA) is 66.7 Å². The smallest absolute Gasteiger partial charge is 0.282 e. The first-order valence-corrected chi connectivity index (χ1v) is 7.55. The van der Waals surface area contributed by atoms with Crippen LogP contribution < -0.4 is 0 Å². The van der Waals surface area contributed by atoms with E-state index < -0.39 is 4.92 Å². The number of rotatable bonds is 3. The number of carbonyl (C=O) groups excluding carboxylic acids is 1. The van der Waals surface area contributed by atoms with E-state index in [9.17, 15) is 14.9 Å². The van der Waals surface area contributed by atoms with Crippen LogP contribution in [0.4, 0.5) is 5.69 Å². The Kier molecular flexibility index (Phi) is 4.61. The van der Waals surface area contributed by atoms with E-state index in [0.29, 0.717) is 13.1 Å². The number of nitro groups is 1. The van der Waals surface area contributed by atoms with Crippen molar-refractivity contribution in [3.05, 3.63) is 33.9 Å². The summed E-state index contributed by atoms with van der Waals surface area (Å²) in [5.41, 5.74) is 0.0677. The number of likely N-dealkylation sites (N-methyl/N-ethyl adjacent to an activating group) is 1. The Balaban J connectivity index is 2.30. The van der Waals surface area contributed by atoms with Crippen molar-refractivity contribution >= 4 is 23.4 Å². The summed E-state index contributed by atoms with van der Waals surface area (Å²) in [6.45, 7) is 2.80. The summed E-state index contributed by atoms with van der Waals surface area (Å²) >= 11 is 1.47. The molecule has 1 fully saturated rings. The molecule has 0 spiro atoms. The lowest BCUT2D eigenvalue weighted by Crippen LogP contribution is -2.47. The Morgan fingerprint density at radius 1 is 1.30 bits per heavy atom. The number of thioether (sulfide) groups is 1. The lowest BCUT2D eigenvalue weighted by molar-refractivity contribution is -0.385. The van der Waals surface area contributed by atoms with Gasteiger partial charge in [0.15, 0.2) is 0 Å². The van der Waals surface area contributed by atoms with Gasteiger partial charge in [0.2, 0.25) is 0 Å². The molecule has 0 bridgehead atoms. The van der Waals surface area contributed by atoms with Gasteiger partial charge in [-0.25, -0.2) is 0 Å². The zero-order valence-electron chi connectivity index (χ0n) is 11.5. The highest BCUT2D eigenvalue weighted by Gasteiger charge is 2.26. The average Bonchev–Trinajstić information content (AvgIpc) is 2.46. The van der Waals surface area contributed by atoms with Crippen LogP contribution in [0.5, 0.6) is 0 Å². The second kappa shape index (κ2) is 6.23. The molecule has 7 heteroatoms. The van der Waals surface area contributed by atoms with Crippen molar-refractivity contribution in [3.63, 3.8) is 0 Å². The number of nitro benzene ring substituents is 1. The normalized spacial score (nSPS) is 16.2. The van der Waals surface area contributed by atoms with E-state index in [4.69, 9.17) is 0 Å². The molecule has 1 aliphatic rings. The van der Waals surface area contributed by atoms with Crippen molar-refractivity contribution < 1.29 is 9.72 Å². The van der Waals surface area contributed by atoms with Gasteiger partial charge in [0.25, 0.3) is 11.6 Å². The van der Waals surface area contributed by atoms with Crippen LogP contribution in [0.3, 0.4) is 0 Å². The van der Waals surface area contributed by atoms with E-state index in [0.717, 1.165) is 18.0 Å². The molecule has 0 saturated carbocycles. The minimum atomic E-state index is -0.493. The van der Waals surface area contributed by atoms with Gasteiger partial charge in [-0.2, -0.15) is 0 Å². The monoisotopic (exact) mass is 295 g/mol. The van der Waals surface area contributed by atoms with Gasteiger partial charge in [-0.1, -0.05) is 0 Å². The van der Waals surface area contributed by atoms with E-state index in [1.54, 1.807) is 17.0 Å². The lowest BCUT2D eigenvalue weighted by Gasteiger charge is -2.32. The van der Waals surface area contributed by atoms with Crippen molar-refractivity contribution in [1.29, 1.82) is 0 Å². The molecular formula is C13H17N3O3S. The molecule has 1 heterocycles. The van der Waals surface area contributed by atoms with Gasteiger partial charge in [-0.15, -0.1) is 11.8 Å². The molecule has 0 aliphatic carbocycles. The van der Waals surface area contributed by atoms with Crippen LogP contribution in [-0.4, -0.2) is 60.1 Å². The van der Waals surface area contributed by atoms with Crippen molar-refractivity contribution in [2.45, 2.75) is 4.90 Å². The summed E-state index contributed by atoms with van der Waals surface area (Å²) in [6, 6.07) is 4.70. The van der Waals surface area contributed by atoms with E-state index in [-0.39, 0.29) is 17.2 Å². The van der Waals surface area contributed by atoms with Crippen molar-refractivity contribution in [1.82, 2.24) is 9.80 Å². The summed E-state index contributed by atoms with van der Waals surface area (Å²) in [5.74, 6) is -0.249. The highest BCUT2D eigenvalue weighted by atomic mass is 32.2. The Labute approximate surface area is 121 Å².